The van der Waals surface area contributed by atoms with Gasteiger partial charge < -0.3 is 20.6 Å². The topological polar surface area (TPSA) is 72.7 Å². The van der Waals surface area contributed by atoms with Crippen LogP contribution < -0.4 is 5.32 Å². The van der Waals surface area contributed by atoms with Gasteiger partial charge in [-0.25, -0.2) is 0 Å². The molecule has 0 saturated heterocycles. The molecule has 4 N–H and O–H groups in total. The van der Waals surface area contributed by atoms with Crippen LogP contribution in [0.5, 0.6) is 0 Å². The number of hydrogen-bond acceptors (Lipinski definition) is 4. The highest BCUT2D eigenvalue weighted by atomic mass is 16.3. The first kappa shape index (κ1) is 10.8. The van der Waals surface area contributed by atoms with Crippen molar-refractivity contribution in [2.24, 2.45) is 0 Å². The molecule has 0 fully saturated rings. The minimum absolute atomic E-state index is 0.0589. The largest absolute Gasteiger partial charge is 0.396 e. The molecule has 0 rings (SSSR count). The number of aliphatic hydroxyl groups is 3. The van der Waals surface area contributed by atoms with Gasteiger partial charge in [-0.15, -0.1) is 0 Å². The molecule has 0 spiro atoms. The molecule has 0 aromatic carbocycles. The minimum Gasteiger partial charge on any atom is -0.396 e. The maximum atomic E-state index is 9.18. The molecular formula is C7H17NO3. The Hall–Kier alpha value is -0.160. The molecule has 68 valence electrons. The Morgan fingerprint density at radius 3 is 2.36 bits per heavy atom. The van der Waals surface area contributed by atoms with Crippen LogP contribution in [0.1, 0.15) is 12.8 Å². The Bertz CT molecular complexity index is 89.8. The Balaban J connectivity index is 3.38. The molecule has 11 heavy (non-hydrogen) atoms. The van der Waals surface area contributed by atoms with Gasteiger partial charge in [-0.3, -0.25) is 0 Å². The van der Waals surface area contributed by atoms with Crippen molar-refractivity contribution in [2.45, 2.75) is 25.0 Å². The van der Waals surface area contributed by atoms with Crippen molar-refractivity contribution in [2.75, 3.05) is 20.2 Å². The van der Waals surface area contributed by atoms with Crippen LogP contribution >= 0.6 is 0 Å². The van der Waals surface area contributed by atoms with Crippen LogP contribution in [0.3, 0.4) is 0 Å². The van der Waals surface area contributed by atoms with E-state index in [-0.39, 0.29) is 6.61 Å². The number of rotatable bonds is 6. The Kier molecular flexibility index (Phi) is 6.45. The summed E-state index contributed by atoms with van der Waals surface area (Å²) >= 11 is 0. The Labute approximate surface area is 66.9 Å². The Morgan fingerprint density at radius 1 is 1.27 bits per heavy atom. The fraction of sp³-hybridized carbons (Fsp3) is 1.00. The lowest BCUT2D eigenvalue weighted by atomic mass is 10.1. The first-order valence-electron chi connectivity index (χ1n) is 3.84. The number of likely N-dealkylation sites (N-methyl/N-ethyl adjacent to an activating group) is 1. The van der Waals surface area contributed by atoms with Gasteiger partial charge >= 0.3 is 0 Å². The van der Waals surface area contributed by atoms with Gasteiger partial charge in [0.2, 0.25) is 0 Å². The summed E-state index contributed by atoms with van der Waals surface area (Å²) < 4.78 is 0. The lowest BCUT2D eigenvalue weighted by Gasteiger charge is -2.16. The fourth-order valence-corrected chi connectivity index (χ4v) is 0.838. The smallest absolute Gasteiger partial charge is 0.0922 e. The highest BCUT2D eigenvalue weighted by Crippen LogP contribution is 2.00. The van der Waals surface area contributed by atoms with E-state index in [1.54, 1.807) is 7.05 Å². The van der Waals surface area contributed by atoms with Crippen molar-refractivity contribution in [1.82, 2.24) is 5.32 Å². The predicted molar refractivity (Wildman–Crippen MR) is 42.3 cm³/mol. The van der Waals surface area contributed by atoms with Crippen LogP contribution in [-0.4, -0.2) is 47.7 Å². The third-order valence-electron chi connectivity index (χ3n) is 1.52. The zero-order valence-corrected chi connectivity index (χ0v) is 6.82. The standard InChI is InChI=1S/C7H17NO3/c1-8-5-7(11)6(10)3-2-4-9/h6-11H,2-5H2,1H3/t6-,7-/m0/s1. The first-order chi connectivity index (χ1) is 5.22. The molecule has 0 aliphatic carbocycles. The minimum atomic E-state index is -0.730. The summed E-state index contributed by atoms with van der Waals surface area (Å²) in [6.07, 6.45) is -0.484. The molecule has 0 aromatic rings. The van der Waals surface area contributed by atoms with Gasteiger partial charge in [-0.05, 0) is 19.9 Å². The van der Waals surface area contributed by atoms with Crippen LogP contribution in [0.25, 0.3) is 0 Å². The maximum Gasteiger partial charge on any atom is 0.0922 e. The molecule has 0 aromatic heterocycles. The summed E-state index contributed by atoms with van der Waals surface area (Å²) in [4.78, 5) is 0. The summed E-state index contributed by atoms with van der Waals surface area (Å²) in [5, 5.41) is 29.5. The average molecular weight is 163 g/mol. The lowest BCUT2D eigenvalue weighted by molar-refractivity contribution is 0.0129. The summed E-state index contributed by atoms with van der Waals surface area (Å²) in [5.74, 6) is 0. The summed E-state index contributed by atoms with van der Waals surface area (Å²) in [6.45, 7) is 0.440. The molecular weight excluding hydrogens is 146 g/mol. The lowest BCUT2D eigenvalue weighted by Crippen LogP contribution is -2.34. The van der Waals surface area contributed by atoms with E-state index in [0.29, 0.717) is 19.4 Å². The third-order valence-corrected chi connectivity index (χ3v) is 1.52. The molecule has 0 saturated carbocycles. The monoisotopic (exact) mass is 163 g/mol. The summed E-state index contributed by atoms with van der Waals surface area (Å²) in [7, 11) is 1.71. The van der Waals surface area contributed by atoms with Crippen LogP contribution in [0.15, 0.2) is 0 Å². The molecule has 0 radical (unpaired) electrons. The maximum absolute atomic E-state index is 9.18. The fourth-order valence-electron chi connectivity index (χ4n) is 0.838. The van der Waals surface area contributed by atoms with Crippen molar-refractivity contribution in [3.8, 4) is 0 Å². The summed E-state index contributed by atoms with van der Waals surface area (Å²) in [6, 6.07) is 0. The second-order valence-corrected chi connectivity index (χ2v) is 2.56. The third kappa shape index (κ3) is 5.15. The molecule has 0 aliphatic rings. The highest BCUT2D eigenvalue weighted by molar-refractivity contribution is 4.68. The van der Waals surface area contributed by atoms with E-state index in [0.717, 1.165) is 0 Å². The van der Waals surface area contributed by atoms with Crippen molar-refractivity contribution in [3.63, 3.8) is 0 Å². The van der Waals surface area contributed by atoms with Gasteiger partial charge in [0.25, 0.3) is 0 Å². The highest BCUT2D eigenvalue weighted by Gasteiger charge is 2.13. The van der Waals surface area contributed by atoms with Crippen LogP contribution in [0.2, 0.25) is 0 Å². The van der Waals surface area contributed by atoms with E-state index >= 15 is 0 Å². The molecule has 0 amide bonds. The zero-order valence-electron chi connectivity index (χ0n) is 6.82. The van der Waals surface area contributed by atoms with E-state index in [9.17, 15) is 5.11 Å². The van der Waals surface area contributed by atoms with Crippen molar-refractivity contribution >= 4 is 0 Å². The summed E-state index contributed by atoms with van der Waals surface area (Å²) in [5.41, 5.74) is 0. The van der Waals surface area contributed by atoms with E-state index in [1.165, 1.54) is 0 Å². The molecule has 2 atom stereocenters. The van der Waals surface area contributed by atoms with Crippen molar-refractivity contribution in [1.29, 1.82) is 0 Å². The van der Waals surface area contributed by atoms with E-state index in [4.69, 9.17) is 10.2 Å². The molecule has 0 unspecified atom stereocenters. The average Bonchev–Trinajstić information content (AvgIpc) is 2.00. The zero-order chi connectivity index (χ0) is 8.69. The number of nitrogens with one attached hydrogen (secondary N) is 1. The van der Waals surface area contributed by atoms with Gasteiger partial charge in [0, 0.05) is 13.2 Å². The molecule has 0 heterocycles. The molecule has 4 heteroatoms. The second kappa shape index (κ2) is 6.54. The van der Waals surface area contributed by atoms with Gasteiger partial charge in [0.15, 0.2) is 0 Å². The van der Waals surface area contributed by atoms with Gasteiger partial charge in [-0.1, -0.05) is 0 Å². The van der Waals surface area contributed by atoms with E-state index in [1.807, 2.05) is 0 Å². The van der Waals surface area contributed by atoms with Gasteiger partial charge in [-0.2, -0.15) is 0 Å². The SMILES string of the molecule is CNC[C@H](O)[C@@H](O)CCCO. The van der Waals surface area contributed by atoms with Gasteiger partial charge in [0.1, 0.15) is 0 Å². The molecule has 0 bridgehead atoms. The van der Waals surface area contributed by atoms with Crippen LogP contribution in [-0.2, 0) is 0 Å². The molecule has 0 aliphatic heterocycles. The first-order valence-corrected chi connectivity index (χ1v) is 3.84. The molecule has 4 nitrogen and oxygen atoms in total. The van der Waals surface area contributed by atoms with Crippen LogP contribution in [0.4, 0.5) is 0 Å². The quantitative estimate of drug-likeness (QED) is 0.393. The normalized spacial score (nSPS) is 16.4. The number of aliphatic hydroxyl groups excluding tert-OH is 3. The van der Waals surface area contributed by atoms with Crippen molar-refractivity contribution in [3.05, 3.63) is 0 Å². The number of hydrogen-bond donors (Lipinski definition) is 4. The van der Waals surface area contributed by atoms with Crippen LogP contribution in [0, 0.1) is 0 Å². The Morgan fingerprint density at radius 2 is 1.91 bits per heavy atom. The van der Waals surface area contributed by atoms with E-state index < -0.39 is 12.2 Å². The second-order valence-electron chi connectivity index (χ2n) is 2.56. The van der Waals surface area contributed by atoms with E-state index in [2.05, 4.69) is 5.32 Å². The van der Waals surface area contributed by atoms with Gasteiger partial charge in [0.05, 0.1) is 12.2 Å². The van der Waals surface area contributed by atoms with Crippen molar-refractivity contribution < 1.29 is 15.3 Å². The predicted octanol–water partition coefficient (Wildman–Crippen LogP) is -1.30.